The number of carboxylic acids is 1. The molecule has 6 heteroatoms. The second-order valence-corrected chi connectivity index (χ2v) is 3.53. The number of carboxylic acid groups (broad SMARTS) is 1. The molecule has 0 aliphatic carbocycles. The lowest BCUT2D eigenvalue weighted by molar-refractivity contribution is 0.0690. The number of carbonyl (C=O) groups excluding carboxylic acids is 1. The van der Waals surface area contributed by atoms with Crippen LogP contribution in [-0.4, -0.2) is 40.0 Å². The highest BCUT2D eigenvalue weighted by Crippen LogP contribution is 2.07. The van der Waals surface area contributed by atoms with E-state index in [4.69, 9.17) is 10.4 Å². The molecule has 1 aromatic heterocycles. The summed E-state index contributed by atoms with van der Waals surface area (Å²) >= 11 is 0. The normalized spacial score (nSPS) is 9.56. The van der Waals surface area contributed by atoms with E-state index in [0.717, 1.165) is 0 Å². The summed E-state index contributed by atoms with van der Waals surface area (Å²) < 4.78 is 0. The van der Waals surface area contributed by atoms with Crippen molar-refractivity contribution < 1.29 is 14.7 Å². The van der Waals surface area contributed by atoms with Crippen LogP contribution in [0.1, 0.15) is 34.2 Å². The van der Waals surface area contributed by atoms with E-state index in [9.17, 15) is 9.59 Å². The van der Waals surface area contributed by atoms with Crippen molar-refractivity contribution in [3.05, 3.63) is 29.6 Å². The lowest BCUT2D eigenvalue weighted by Gasteiger charge is -2.19. The Morgan fingerprint density at radius 3 is 2.83 bits per heavy atom. The second-order valence-electron chi connectivity index (χ2n) is 3.53. The molecule has 0 aliphatic rings. The van der Waals surface area contributed by atoms with Gasteiger partial charge in [-0.2, -0.15) is 5.26 Å². The smallest absolute Gasteiger partial charge is 0.354 e. The highest BCUT2D eigenvalue weighted by atomic mass is 16.4. The third-order valence-electron chi connectivity index (χ3n) is 2.39. The highest BCUT2D eigenvalue weighted by Gasteiger charge is 2.15. The fraction of sp³-hybridized carbons (Fsp3) is 0.333. The summed E-state index contributed by atoms with van der Waals surface area (Å²) in [6.07, 6.45) is 1.53. The molecule has 0 fully saturated rings. The molecule has 0 saturated heterocycles. The zero-order valence-electron chi connectivity index (χ0n) is 9.96. The van der Waals surface area contributed by atoms with Crippen molar-refractivity contribution in [1.82, 2.24) is 9.88 Å². The molecule has 1 heterocycles. The van der Waals surface area contributed by atoms with Crippen molar-refractivity contribution in [2.45, 2.75) is 13.3 Å². The number of aromatic nitrogens is 1. The lowest BCUT2D eigenvalue weighted by Crippen LogP contribution is -2.31. The fourth-order valence-corrected chi connectivity index (χ4v) is 1.45. The third-order valence-corrected chi connectivity index (χ3v) is 2.39. The molecule has 0 radical (unpaired) electrons. The van der Waals surface area contributed by atoms with Crippen molar-refractivity contribution >= 4 is 11.9 Å². The van der Waals surface area contributed by atoms with E-state index in [2.05, 4.69) is 4.98 Å². The summed E-state index contributed by atoms with van der Waals surface area (Å²) in [6.45, 7) is 2.59. The Bertz CT molecular complexity index is 494. The van der Waals surface area contributed by atoms with Crippen molar-refractivity contribution in [3.63, 3.8) is 0 Å². The Balaban J connectivity index is 2.91. The SMILES string of the molecule is CCN(CCC#N)C(=O)c1ccnc(C(=O)O)c1. The predicted molar refractivity (Wildman–Crippen MR) is 63.0 cm³/mol. The van der Waals surface area contributed by atoms with E-state index in [-0.39, 0.29) is 23.6 Å². The van der Waals surface area contributed by atoms with Crippen LogP contribution in [0.15, 0.2) is 18.3 Å². The van der Waals surface area contributed by atoms with Gasteiger partial charge in [-0.3, -0.25) is 4.79 Å². The van der Waals surface area contributed by atoms with Gasteiger partial charge in [-0.25, -0.2) is 9.78 Å². The van der Waals surface area contributed by atoms with Gasteiger partial charge in [0.15, 0.2) is 0 Å². The van der Waals surface area contributed by atoms with Crippen LogP contribution in [0, 0.1) is 11.3 Å². The molecular formula is C12H13N3O3. The van der Waals surface area contributed by atoms with Gasteiger partial charge in [-0.05, 0) is 19.1 Å². The average molecular weight is 247 g/mol. The summed E-state index contributed by atoms with van der Waals surface area (Å²) in [7, 11) is 0. The maximum atomic E-state index is 12.1. The molecule has 0 saturated carbocycles. The Morgan fingerprint density at radius 2 is 2.28 bits per heavy atom. The van der Waals surface area contributed by atoms with E-state index < -0.39 is 5.97 Å². The highest BCUT2D eigenvalue weighted by molar-refractivity contribution is 5.96. The number of nitrogens with zero attached hydrogens (tertiary/aromatic N) is 3. The molecule has 0 spiro atoms. The largest absolute Gasteiger partial charge is 0.477 e. The van der Waals surface area contributed by atoms with Gasteiger partial charge >= 0.3 is 5.97 Å². The Labute approximate surface area is 104 Å². The summed E-state index contributed by atoms with van der Waals surface area (Å²) in [6, 6.07) is 4.67. The summed E-state index contributed by atoms with van der Waals surface area (Å²) in [5.74, 6) is -1.47. The lowest BCUT2D eigenvalue weighted by atomic mass is 10.2. The molecule has 94 valence electrons. The van der Waals surface area contributed by atoms with Crippen LogP contribution in [0.4, 0.5) is 0 Å². The van der Waals surface area contributed by atoms with Gasteiger partial charge in [-0.1, -0.05) is 0 Å². The third kappa shape index (κ3) is 3.28. The number of aromatic carboxylic acids is 1. The van der Waals surface area contributed by atoms with Gasteiger partial charge in [0.2, 0.25) is 0 Å². The van der Waals surface area contributed by atoms with Crippen molar-refractivity contribution in [3.8, 4) is 6.07 Å². The van der Waals surface area contributed by atoms with E-state index in [1.165, 1.54) is 23.2 Å². The van der Waals surface area contributed by atoms with Crippen LogP contribution < -0.4 is 0 Å². The van der Waals surface area contributed by atoms with Crippen LogP contribution >= 0.6 is 0 Å². The second kappa shape index (κ2) is 6.35. The number of rotatable bonds is 5. The minimum atomic E-state index is -1.18. The first-order chi connectivity index (χ1) is 8.60. The predicted octanol–water partition coefficient (Wildman–Crippen LogP) is 1.16. The number of carbonyl (C=O) groups is 2. The standard InChI is InChI=1S/C12H13N3O3/c1-2-15(7-3-5-13)11(16)9-4-6-14-10(8-9)12(17)18/h4,6,8H,2-3,7H2,1H3,(H,17,18). The summed E-state index contributed by atoms with van der Waals surface area (Å²) in [5.41, 5.74) is 0.0966. The molecule has 6 nitrogen and oxygen atoms in total. The fourth-order valence-electron chi connectivity index (χ4n) is 1.45. The van der Waals surface area contributed by atoms with Crippen LogP contribution in [0.2, 0.25) is 0 Å². The van der Waals surface area contributed by atoms with Crippen LogP contribution in [0.5, 0.6) is 0 Å². The van der Waals surface area contributed by atoms with Gasteiger partial charge < -0.3 is 10.0 Å². The number of nitriles is 1. The first-order valence-electron chi connectivity index (χ1n) is 5.45. The molecular weight excluding hydrogens is 234 g/mol. The van der Waals surface area contributed by atoms with E-state index in [1.54, 1.807) is 6.92 Å². The molecule has 0 bridgehead atoms. The topological polar surface area (TPSA) is 94.3 Å². The van der Waals surface area contributed by atoms with Crippen molar-refractivity contribution in [1.29, 1.82) is 5.26 Å². The molecule has 1 rings (SSSR count). The molecule has 1 amide bonds. The van der Waals surface area contributed by atoms with E-state index >= 15 is 0 Å². The van der Waals surface area contributed by atoms with Crippen LogP contribution in [0.25, 0.3) is 0 Å². The zero-order valence-corrected chi connectivity index (χ0v) is 9.96. The molecule has 0 atom stereocenters. The Kier molecular flexibility index (Phi) is 4.81. The van der Waals surface area contributed by atoms with Gasteiger partial charge in [0.1, 0.15) is 5.69 Å². The molecule has 1 N–H and O–H groups in total. The first-order valence-corrected chi connectivity index (χ1v) is 5.45. The van der Waals surface area contributed by atoms with E-state index in [0.29, 0.717) is 13.1 Å². The van der Waals surface area contributed by atoms with Crippen molar-refractivity contribution in [2.75, 3.05) is 13.1 Å². The number of pyridine rings is 1. The molecule has 0 aliphatic heterocycles. The molecule has 0 aromatic carbocycles. The molecule has 18 heavy (non-hydrogen) atoms. The van der Waals surface area contributed by atoms with Gasteiger partial charge in [0.25, 0.3) is 5.91 Å². The Hall–Kier alpha value is -2.42. The molecule has 1 aromatic rings. The Morgan fingerprint density at radius 1 is 1.56 bits per heavy atom. The minimum absolute atomic E-state index is 0.169. The first kappa shape index (κ1) is 13.6. The number of hydrogen-bond acceptors (Lipinski definition) is 4. The van der Waals surface area contributed by atoms with Gasteiger partial charge in [0.05, 0.1) is 12.5 Å². The van der Waals surface area contributed by atoms with Crippen molar-refractivity contribution in [2.24, 2.45) is 0 Å². The van der Waals surface area contributed by atoms with Crippen LogP contribution in [-0.2, 0) is 0 Å². The quantitative estimate of drug-likeness (QED) is 0.842. The van der Waals surface area contributed by atoms with Gasteiger partial charge in [0, 0.05) is 24.8 Å². The maximum Gasteiger partial charge on any atom is 0.354 e. The zero-order chi connectivity index (χ0) is 13.5. The summed E-state index contributed by atoms with van der Waals surface area (Å²) in [5, 5.41) is 17.3. The maximum absolute atomic E-state index is 12.1. The van der Waals surface area contributed by atoms with E-state index in [1.807, 2.05) is 6.07 Å². The minimum Gasteiger partial charge on any atom is -0.477 e. The average Bonchev–Trinajstić information content (AvgIpc) is 2.39. The molecule has 0 unspecified atom stereocenters. The monoisotopic (exact) mass is 247 g/mol. The summed E-state index contributed by atoms with van der Waals surface area (Å²) in [4.78, 5) is 27.9. The van der Waals surface area contributed by atoms with Gasteiger partial charge in [-0.15, -0.1) is 0 Å². The number of amides is 1. The number of hydrogen-bond donors (Lipinski definition) is 1. The van der Waals surface area contributed by atoms with Crippen LogP contribution in [0.3, 0.4) is 0 Å².